The van der Waals surface area contributed by atoms with Crippen molar-refractivity contribution in [3.63, 3.8) is 0 Å². The summed E-state index contributed by atoms with van der Waals surface area (Å²) < 4.78 is 23.1. The summed E-state index contributed by atoms with van der Waals surface area (Å²) in [5.41, 5.74) is 1.32. The zero-order chi connectivity index (χ0) is 15.3. The van der Waals surface area contributed by atoms with Crippen LogP contribution in [0.25, 0.3) is 0 Å². The topological polar surface area (TPSA) is 46.2 Å². The van der Waals surface area contributed by atoms with Gasteiger partial charge >= 0.3 is 0 Å². The molecule has 1 aliphatic rings. The molecule has 1 aliphatic heterocycles. The molecule has 118 valence electrons. The first-order valence-electron chi connectivity index (χ1n) is 8.07. The summed E-state index contributed by atoms with van der Waals surface area (Å²) in [6.07, 6.45) is 3.75. The van der Waals surface area contributed by atoms with Crippen molar-refractivity contribution in [3.05, 3.63) is 35.9 Å². The van der Waals surface area contributed by atoms with Crippen molar-refractivity contribution in [2.45, 2.75) is 51.6 Å². The van der Waals surface area contributed by atoms with Crippen LogP contribution in [0, 0.1) is 5.92 Å². The highest BCUT2D eigenvalue weighted by Crippen LogP contribution is 2.29. The molecule has 0 spiro atoms. The van der Waals surface area contributed by atoms with E-state index in [0.717, 1.165) is 25.7 Å². The molecule has 4 heteroatoms. The molecule has 2 rings (SSSR count). The van der Waals surface area contributed by atoms with Crippen LogP contribution in [-0.4, -0.2) is 26.0 Å². The summed E-state index contributed by atoms with van der Waals surface area (Å²) in [4.78, 5) is 0. The van der Waals surface area contributed by atoms with Crippen molar-refractivity contribution in [2.75, 3.05) is 11.5 Å². The van der Waals surface area contributed by atoms with E-state index in [1.54, 1.807) is 0 Å². The van der Waals surface area contributed by atoms with Gasteiger partial charge in [0.1, 0.15) is 9.84 Å². The minimum atomic E-state index is -2.79. The van der Waals surface area contributed by atoms with Gasteiger partial charge in [0, 0.05) is 12.1 Å². The highest BCUT2D eigenvalue weighted by Gasteiger charge is 2.28. The number of rotatable bonds is 6. The Balaban J connectivity index is 2.10. The molecule has 1 saturated heterocycles. The van der Waals surface area contributed by atoms with Crippen LogP contribution in [0.3, 0.4) is 0 Å². The lowest BCUT2D eigenvalue weighted by Crippen LogP contribution is -2.41. The normalized spacial score (nSPS) is 20.5. The third-order valence-corrected chi connectivity index (χ3v) is 6.36. The van der Waals surface area contributed by atoms with E-state index in [1.165, 1.54) is 5.56 Å². The monoisotopic (exact) mass is 309 g/mol. The summed E-state index contributed by atoms with van der Waals surface area (Å²) in [5.74, 6) is 1.25. The Morgan fingerprint density at radius 3 is 2.19 bits per heavy atom. The van der Waals surface area contributed by atoms with Crippen molar-refractivity contribution in [1.29, 1.82) is 0 Å². The smallest absolute Gasteiger partial charge is 0.150 e. The summed E-state index contributed by atoms with van der Waals surface area (Å²) in [6.45, 7) is 4.47. The van der Waals surface area contributed by atoms with Crippen LogP contribution in [0.4, 0.5) is 0 Å². The number of hydrogen-bond acceptors (Lipinski definition) is 3. The van der Waals surface area contributed by atoms with Gasteiger partial charge in [0.25, 0.3) is 0 Å². The molecule has 0 radical (unpaired) electrons. The van der Waals surface area contributed by atoms with Gasteiger partial charge in [-0.3, -0.25) is 0 Å². The SMILES string of the molecule is CCC(CC)C(NC1CCS(=O)(=O)CC1)c1ccccc1. The first-order chi connectivity index (χ1) is 10.1. The third-order valence-electron chi connectivity index (χ3n) is 4.65. The van der Waals surface area contributed by atoms with Crippen LogP contribution < -0.4 is 5.32 Å². The molecule has 1 N–H and O–H groups in total. The van der Waals surface area contributed by atoms with Gasteiger partial charge in [0.15, 0.2) is 0 Å². The highest BCUT2D eigenvalue weighted by atomic mass is 32.2. The van der Waals surface area contributed by atoms with E-state index in [1.807, 2.05) is 6.07 Å². The van der Waals surface area contributed by atoms with Crippen LogP contribution in [0.2, 0.25) is 0 Å². The van der Waals surface area contributed by atoms with Gasteiger partial charge in [0.05, 0.1) is 11.5 Å². The molecule has 0 saturated carbocycles. The summed E-state index contributed by atoms with van der Waals surface area (Å²) >= 11 is 0. The molecule has 21 heavy (non-hydrogen) atoms. The average Bonchev–Trinajstić information content (AvgIpc) is 2.50. The van der Waals surface area contributed by atoms with Crippen molar-refractivity contribution in [1.82, 2.24) is 5.32 Å². The van der Waals surface area contributed by atoms with E-state index in [-0.39, 0.29) is 0 Å². The molecule has 1 aromatic rings. The molecular weight excluding hydrogens is 282 g/mol. The average molecular weight is 309 g/mol. The largest absolute Gasteiger partial charge is 0.307 e. The molecule has 1 aromatic carbocycles. The van der Waals surface area contributed by atoms with E-state index in [4.69, 9.17) is 0 Å². The Morgan fingerprint density at radius 1 is 1.10 bits per heavy atom. The first-order valence-corrected chi connectivity index (χ1v) is 9.89. The third kappa shape index (κ3) is 4.55. The van der Waals surface area contributed by atoms with Crippen LogP contribution in [-0.2, 0) is 9.84 Å². The van der Waals surface area contributed by atoms with Gasteiger partial charge < -0.3 is 5.32 Å². The molecule has 3 nitrogen and oxygen atoms in total. The molecule has 0 aliphatic carbocycles. The molecule has 0 amide bonds. The van der Waals surface area contributed by atoms with Gasteiger partial charge in [-0.15, -0.1) is 0 Å². The van der Waals surface area contributed by atoms with Crippen LogP contribution in [0.1, 0.15) is 51.1 Å². The van der Waals surface area contributed by atoms with Crippen LogP contribution in [0.15, 0.2) is 30.3 Å². The number of nitrogens with one attached hydrogen (secondary N) is 1. The molecular formula is C17H27NO2S. The Labute approximate surface area is 129 Å². The van der Waals surface area contributed by atoms with E-state index in [0.29, 0.717) is 29.5 Å². The predicted molar refractivity (Wildman–Crippen MR) is 88.1 cm³/mol. The molecule has 0 aromatic heterocycles. The number of hydrogen-bond donors (Lipinski definition) is 1. The second kappa shape index (κ2) is 7.41. The Morgan fingerprint density at radius 2 is 1.67 bits per heavy atom. The van der Waals surface area contributed by atoms with Gasteiger partial charge in [0.2, 0.25) is 0 Å². The molecule has 1 unspecified atom stereocenters. The van der Waals surface area contributed by atoms with Crippen LogP contribution >= 0.6 is 0 Å². The van der Waals surface area contributed by atoms with Crippen molar-refractivity contribution >= 4 is 9.84 Å². The molecule has 0 bridgehead atoms. The number of benzene rings is 1. The molecule has 1 atom stereocenters. The summed E-state index contributed by atoms with van der Waals surface area (Å²) in [7, 11) is -2.79. The van der Waals surface area contributed by atoms with E-state index < -0.39 is 9.84 Å². The zero-order valence-corrected chi connectivity index (χ0v) is 13.9. The van der Waals surface area contributed by atoms with Crippen molar-refractivity contribution in [2.24, 2.45) is 5.92 Å². The van der Waals surface area contributed by atoms with Gasteiger partial charge in [-0.2, -0.15) is 0 Å². The Bertz CT molecular complexity index is 509. The molecule has 1 fully saturated rings. The Kier molecular flexibility index (Phi) is 5.82. The first kappa shape index (κ1) is 16.5. The maximum atomic E-state index is 11.6. The molecule has 1 heterocycles. The van der Waals surface area contributed by atoms with E-state index >= 15 is 0 Å². The lowest BCUT2D eigenvalue weighted by molar-refractivity contribution is 0.297. The summed E-state index contributed by atoms with van der Waals surface area (Å²) in [5, 5.41) is 3.75. The summed E-state index contributed by atoms with van der Waals surface area (Å²) in [6, 6.07) is 11.2. The highest BCUT2D eigenvalue weighted by molar-refractivity contribution is 7.91. The standard InChI is InChI=1S/C17H27NO2S/c1-3-14(4-2)17(15-8-6-5-7-9-15)18-16-10-12-21(19,20)13-11-16/h5-9,14,16-18H,3-4,10-13H2,1-2H3. The van der Waals surface area contributed by atoms with Crippen molar-refractivity contribution in [3.8, 4) is 0 Å². The second-order valence-electron chi connectivity index (χ2n) is 6.06. The van der Waals surface area contributed by atoms with E-state index in [9.17, 15) is 8.42 Å². The van der Waals surface area contributed by atoms with Crippen molar-refractivity contribution < 1.29 is 8.42 Å². The van der Waals surface area contributed by atoms with Crippen LogP contribution in [0.5, 0.6) is 0 Å². The van der Waals surface area contributed by atoms with Gasteiger partial charge in [-0.1, -0.05) is 57.0 Å². The quantitative estimate of drug-likeness (QED) is 0.876. The van der Waals surface area contributed by atoms with Gasteiger partial charge in [-0.25, -0.2) is 8.42 Å². The zero-order valence-electron chi connectivity index (χ0n) is 13.1. The second-order valence-corrected chi connectivity index (χ2v) is 8.36. The fraction of sp³-hybridized carbons (Fsp3) is 0.647. The predicted octanol–water partition coefficient (Wildman–Crippen LogP) is 3.33. The fourth-order valence-electron chi connectivity index (χ4n) is 3.24. The minimum Gasteiger partial charge on any atom is -0.307 e. The maximum absolute atomic E-state index is 11.6. The maximum Gasteiger partial charge on any atom is 0.150 e. The fourth-order valence-corrected chi connectivity index (χ4v) is 4.73. The lowest BCUT2D eigenvalue weighted by atomic mass is 9.88. The minimum absolute atomic E-state index is 0.319. The van der Waals surface area contributed by atoms with E-state index in [2.05, 4.69) is 43.4 Å². The Hall–Kier alpha value is -0.870. The van der Waals surface area contributed by atoms with Gasteiger partial charge in [-0.05, 0) is 24.3 Å². The number of sulfone groups is 1. The lowest BCUT2D eigenvalue weighted by Gasteiger charge is -2.33.